The minimum atomic E-state index is -0.440. The second-order valence-corrected chi connectivity index (χ2v) is 4.22. The molecule has 0 radical (unpaired) electrons. The summed E-state index contributed by atoms with van der Waals surface area (Å²) in [5.41, 5.74) is 1.16. The number of rotatable bonds is 2. The maximum atomic E-state index is 13.4. The molecule has 0 saturated carbocycles. The number of pyridine rings is 1. The van der Waals surface area contributed by atoms with E-state index >= 15 is 0 Å². The number of carbonyl (C=O) groups excluding carboxylic acids is 1. The number of halogens is 1. The number of nitrogens with zero attached hydrogens (tertiary/aromatic N) is 1. The van der Waals surface area contributed by atoms with Crippen LogP contribution in [0.2, 0.25) is 0 Å². The number of carbonyl (C=O) groups is 1. The smallest absolute Gasteiger partial charge is 0.355 e. The Morgan fingerprint density at radius 3 is 2.68 bits per heavy atom. The van der Waals surface area contributed by atoms with Crippen molar-refractivity contribution >= 4 is 22.3 Å². The summed E-state index contributed by atoms with van der Waals surface area (Å²) < 4.78 is 20.0. The van der Waals surface area contributed by atoms with Gasteiger partial charge in [0.1, 0.15) is 11.5 Å². The number of hydrogen-bond donors (Lipinski definition) is 0. The fourth-order valence-corrected chi connectivity index (χ4v) is 2.33. The van der Waals surface area contributed by atoms with Crippen LogP contribution >= 0.6 is 0 Å². The van der Waals surface area contributed by atoms with Gasteiger partial charge in [0.15, 0.2) is 0 Å². The van der Waals surface area contributed by atoms with E-state index in [1.54, 1.807) is 17.4 Å². The second kappa shape index (κ2) is 4.39. The fourth-order valence-electron chi connectivity index (χ4n) is 2.33. The first-order valence-corrected chi connectivity index (χ1v) is 6.08. The Morgan fingerprint density at radius 1 is 1.21 bits per heavy atom. The molecule has 2 heterocycles. The van der Waals surface area contributed by atoms with Gasteiger partial charge >= 0.3 is 5.97 Å². The van der Waals surface area contributed by atoms with Crippen LogP contribution in [0.1, 0.15) is 17.4 Å². The molecule has 0 aliphatic rings. The Morgan fingerprint density at radius 2 is 1.95 bits per heavy atom. The summed E-state index contributed by atoms with van der Waals surface area (Å²) in [5, 5.41) is 1.68. The SMILES string of the molecule is CCOC(=O)c1c2ccccc2c2ccc(F)cn12. The minimum Gasteiger partial charge on any atom is -0.461 e. The molecular formula is C15H12FNO2. The summed E-state index contributed by atoms with van der Waals surface area (Å²) in [6, 6.07) is 10.5. The summed E-state index contributed by atoms with van der Waals surface area (Å²) in [7, 11) is 0. The van der Waals surface area contributed by atoms with Gasteiger partial charge in [-0.2, -0.15) is 0 Å². The van der Waals surface area contributed by atoms with Crippen molar-refractivity contribution in [2.45, 2.75) is 6.92 Å². The quantitative estimate of drug-likeness (QED) is 0.659. The highest BCUT2D eigenvalue weighted by Gasteiger charge is 2.18. The first-order chi connectivity index (χ1) is 9.22. The largest absolute Gasteiger partial charge is 0.461 e. The molecule has 3 nitrogen and oxygen atoms in total. The number of benzene rings is 1. The van der Waals surface area contributed by atoms with Gasteiger partial charge in [0.25, 0.3) is 0 Å². The normalized spacial score (nSPS) is 11.1. The highest BCUT2D eigenvalue weighted by atomic mass is 19.1. The minimum absolute atomic E-state index is 0.287. The van der Waals surface area contributed by atoms with Gasteiger partial charge in [-0.15, -0.1) is 0 Å². The summed E-state index contributed by atoms with van der Waals surface area (Å²) in [6.45, 7) is 2.03. The van der Waals surface area contributed by atoms with Crippen molar-refractivity contribution in [3.05, 3.63) is 54.1 Å². The summed E-state index contributed by atoms with van der Waals surface area (Å²) >= 11 is 0. The molecule has 3 aromatic rings. The standard InChI is InChI=1S/C15H12FNO2/c1-2-19-15(18)14-12-6-4-3-5-11(12)13-8-7-10(16)9-17(13)14/h3-9H,2H2,1H3. The monoisotopic (exact) mass is 257 g/mol. The molecule has 0 aliphatic carbocycles. The van der Waals surface area contributed by atoms with E-state index in [1.165, 1.54) is 12.3 Å². The van der Waals surface area contributed by atoms with E-state index in [2.05, 4.69) is 0 Å². The van der Waals surface area contributed by atoms with Crippen LogP contribution in [0, 0.1) is 5.82 Å². The van der Waals surface area contributed by atoms with Crippen LogP contribution in [0.25, 0.3) is 16.3 Å². The average molecular weight is 257 g/mol. The molecule has 0 saturated heterocycles. The maximum absolute atomic E-state index is 13.4. The zero-order valence-corrected chi connectivity index (χ0v) is 10.4. The number of esters is 1. The van der Waals surface area contributed by atoms with Crippen LogP contribution in [-0.2, 0) is 4.74 Å². The van der Waals surface area contributed by atoms with Gasteiger partial charge in [-0.1, -0.05) is 24.3 Å². The molecule has 0 aliphatic heterocycles. The lowest BCUT2D eigenvalue weighted by Crippen LogP contribution is -2.08. The van der Waals surface area contributed by atoms with Crippen molar-refractivity contribution in [2.75, 3.05) is 6.61 Å². The molecule has 0 amide bonds. The van der Waals surface area contributed by atoms with Crippen molar-refractivity contribution in [1.82, 2.24) is 4.40 Å². The molecule has 19 heavy (non-hydrogen) atoms. The summed E-state index contributed by atoms with van der Waals surface area (Å²) in [4.78, 5) is 12.1. The van der Waals surface area contributed by atoms with E-state index < -0.39 is 11.8 Å². The topological polar surface area (TPSA) is 30.7 Å². The van der Waals surface area contributed by atoms with E-state index in [4.69, 9.17) is 4.74 Å². The highest BCUT2D eigenvalue weighted by Crippen LogP contribution is 2.27. The molecule has 0 spiro atoms. The molecule has 0 unspecified atom stereocenters. The first-order valence-electron chi connectivity index (χ1n) is 6.08. The molecular weight excluding hydrogens is 245 g/mol. The first kappa shape index (κ1) is 11.7. The average Bonchev–Trinajstić information content (AvgIpc) is 2.72. The second-order valence-electron chi connectivity index (χ2n) is 4.22. The van der Waals surface area contributed by atoms with Crippen molar-refractivity contribution in [3.63, 3.8) is 0 Å². The van der Waals surface area contributed by atoms with Gasteiger partial charge in [-0.25, -0.2) is 9.18 Å². The molecule has 96 valence electrons. The Kier molecular flexibility index (Phi) is 2.71. The third kappa shape index (κ3) is 1.76. The third-order valence-corrected chi connectivity index (χ3v) is 3.08. The highest BCUT2D eigenvalue weighted by molar-refractivity contribution is 6.10. The van der Waals surface area contributed by atoms with Crippen LogP contribution in [0.3, 0.4) is 0 Å². The zero-order chi connectivity index (χ0) is 13.4. The van der Waals surface area contributed by atoms with Gasteiger partial charge in [0.05, 0.1) is 12.1 Å². The lowest BCUT2D eigenvalue weighted by Gasteiger charge is -2.03. The Bertz CT molecular complexity index is 776. The molecule has 1 aromatic carbocycles. The Labute approximate surface area is 109 Å². The van der Waals surface area contributed by atoms with E-state index in [1.807, 2.05) is 24.3 Å². The number of hydrogen-bond acceptors (Lipinski definition) is 2. The van der Waals surface area contributed by atoms with E-state index in [0.29, 0.717) is 5.69 Å². The van der Waals surface area contributed by atoms with E-state index in [9.17, 15) is 9.18 Å². The molecule has 0 N–H and O–H groups in total. The number of aromatic nitrogens is 1. The predicted molar refractivity (Wildman–Crippen MR) is 70.8 cm³/mol. The van der Waals surface area contributed by atoms with Crippen LogP contribution in [0.5, 0.6) is 0 Å². The predicted octanol–water partition coefficient (Wildman–Crippen LogP) is 3.41. The van der Waals surface area contributed by atoms with Crippen molar-refractivity contribution in [2.24, 2.45) is 0 Å². The Hall–Kier alpha value is -2.36. The fraction of sp³-hybridized carbons (Fsp3) is 0.133. The molecule has 0 bridgehead atoms. The summed E-state index contributed by atoms with van der Waals surface area (Å²) in [6.07, 6.45) is 1.31. The maximum Gasteiger partial charge on any atom is 0.355 e. The van der Waals surface area contributed by atoms with Crippen LogP contribution < -0.4 is 0 Å². The van der Waals surface area contributed by atoms with Gasteiger partial charge in [0.2, 0.25) is 0 Å². The van der Waals surface area contributed by atoms with E-state index in [0.717, 1.165) is 16.3 Å². The van der Waals surface area contributed by atoms with Gasteiger partial charge in [-0.05, 0) is 19.1 Å². The van der Waals surface area contributed by atoms with Gasteiger partial charge in [-0.3, -0.25) is 0 Å². The molecule has 3 rings (SSSR count). The van der Waals surface area contributed by atoms with Crippen molar-refractivity contribution in [3.8, 4) is 0 Å². The van der Waals surface area contributed by atoms with E-state index in [-0.39, 0.29) is 6.61 Å². The molecule has 0 fully saturated rings. The molecule has 4 heteroatoms. The lowest BCUT2D eigenvalue weighted by atomic mass is 10.1. The van der Waals surface area contributed by atoms with Crippen molar-refractivity contribution in [1.29, 1.82) is 0 Å². The van der Waals surface area contributed by atoms with Gasteiger partial charge in [0, 0.05) is 17.0 Å². The van der Waals surface area contributed by atoms with Crippen LogP contribution in [-0.4, -0.2) is 17.0 Å². The third-order valence-electron chi connectivity index (χ3n) is 3.08. The van der Waals surface area contributed by atoms with Crippen LogP contribution in [0.4, 0.5) is 4.39 Å². The lowest BCUT2D eigenvalue weighted by molar-refractivity contribution is 0.0521. The number of fused-ring (bicyclic) bond motifs is 3. The van der Waals surface area contributed by atoms with Gasteiger partial charge < -0.3 is 9.14 Å². The molecule has 2 aromatic heterocycles. The Balaban J connectivity index is 2.43. The van der Waals surface area contributed by atoms with Crippen molar-refractivity contribution < 1.29 is 13.9 Å². The van der Waals surface area contributed by atoms with Crippen LogP contribution in [0.15, 0.2) is 42.6 Å². The summed E-state index contributed by atoms with van der Waals surface area (Å²) in [5.74, 6) is -0.831. The zero-order valence-electron chi connectivity index (χ0n) is 10.4. The molecule has 0 atom stereocenters. The number of ether oxygens (including phenoxy) is 1.